The molecular formula is C26H22F3N3O3S. The molecule has 186 valence electrons. The molecule has 0 aliphatic carbocycles. The van der Waals surface area contributed by atoms with E-state index in [-0.39, 0.29) is 29.1 Å². The van der Waals surface area contributed by atoms with Gasteiger partial charge in [0.25, 0.3) is 0 Å². The summed E-state index contributed by atoms with van der Waals surface area (Å²) in [6.07, 6.45) is -2.19. The zero-order valence-electron chi connectivity index (χ0n) is 19.3. The van der Waals surface area contributed by atoms with Crippen molar-refractivity contribution in [2.45, 2.75) is 37.3 Å². The smallest absolute Gasteiger partial charge is 0.419 e. The van der Waals surface area contributed by atoms with Crippen LogP contribution in [0.15, 0.2) is 71.8 Å². The SMILES string of the molecule is CCc1nc2c(C(F)(F)F)cccn2c1-c1cccc(Oc2cccc(S(=O)(=O)CCCC#N)c2)c1. The van der Waals surface area contributed by atoms with Gasteiger partial charge in [0, 0.05) is 18.2 Å². The van der Waals surface area contributed by atoms with Crippen LogP contribution in [-0.4, -0.2) is 23.6 Å². The molecule has 2 aromatic carbocycles. The van der Waals surface area contributed by atoms with Crippen LogP contribution < -0.4 is 4.74 Å². The fourth-order valence-electron chi connectivity index (χ4n) is 3.92. The molecule has 0 amide bonds. The number of aryl methyl sites for hydroxylation is 1. The number of imidazole rings is 1. The quantitative estimate of drug-likeness (QED) is 0.253. The molecule has 36 heavy (non-hydrogen) atoms. The number of alkyl halides is 3. The Morgan fingerprint density at radius 1 is 1.06 bits per heavy atom. The zero-order chi connectivity index (χ0) is 25.9. The maximum atomic E-state index is 13.5. The van der Waals surface area contributed by atoms with E-state index in [0.717, 1.165) is 6.07 Å². The number of sulfone groups is 1. The Labute approximate surface area is 206 Å². The molecule has 6 nitrogen and oxygen atoms in total. The van der Waals surface area contributed by atoms with Crippen molar-refractivity contribution in [1.29, 1.82) is 5.26 Å². The van der Waals surface area contributed by atoms with E-state index < -0.39 is 21.6 Å². The van der Waals surface area contributed by atoms with Gasteiger partial charge >= 0.3 is 6.18 Å². The van der Waals surface area contributed by atoms with Crippen LogP contribution in [0.2, 0.25) is 0 Å². The Hall–Kier alpha value is -3.84. The van der Waals surface area contributed by atoms with Gasteiger partial charge in [0.1, 0.15) is 17.1 Å². The van der Waals surface area contributed by atoms with Crippen LogP contribution in [0, 0.1) is 11.3 Å². The topological polar surface area (TPSA) is 84.5 Å². The molecule has 0 atom stereocenters. The summed E-state index contributed by atoms with van der Waals surface area (Å²) < 4.78 is 73.1. The van der Waals surface area contributed by atoms with Crippen LogP contribution in [0.1, 0.15) is 31.0 Å². The van der Waals surface area contributed by atoms with E-state index in [2.05, 4.69) is 4.98 Å². The molecule has 0 aliphatic rings. The molecule has 0 saturated carbocycles. The van der Waals surface area contributed by atoms with Crippen LogP contribution in [0.5, 0.6) is 11.5 Å². The van der Waals surface area contributed by atoms with Gasteiger partial charge in [-0.1, -0.05) is 25.1 Å². The van der Waals surface area contributed by atoms with Crippen molar-refractivity contribution >= 4 is 15.5 Å². The average Bonchev–Trinajstić information content (AvgIpc) is 3.22. The second kappa shape index (κ2) is 10.0. The number of benzene rings is 2. The van der Waals surface area contributed by atoms with Gasteiger partial charge in [0.05, 0.1) is 33.7 Å². The van der Waals surface area contributed by atoms with Crippen molar-refractivity contribution in [2.75, 3.05) is 5.75 Å². The highest BCUT2D eigenvalue weighted by Crippen LogP contribution is 2.36. The first kappa shape index (κ1) is 25.3. The maximum absolute atomic E-state index is 13.5. The summed E-state index contributed by atoms with van der Waals surface area (Å²) in [6, 6.07) is 17.1. The number of aromatic nitrogens is 2. The lowest BCUT2D eigenvalue weighted by Crippen LogP contribution is -2.07. The third kappa shape index (κ3) is 5.21. The lowest BCUT2D eigenvalue weighted by Gasteiger charge is -2.11. The molecule has 0 fully saturated rings. The first-order chi connectivity index (χ1) is 17.1. The van der Waals surface area contributed by atoms with Gasteiger partial charge in [0.15, 0.2) is 9.84 Å². The van der Waals surface area contributed by atoms with Crippen LogP contribution in [-0.2, 0) is 22.4 Å². The van der Waals surface area contributed by atoms with Gasteiger partial charge < -0.3 is 4.74 Å². The van der Waals surface area contributed by atoms with E-state index in [4.69, 9.17) is 10.00 Å². The molecule has 0 N–H and O–H groups in total. The number of hydrogen-bond donors (Lipinski definition) is 0. The molecular weight excluding hydrogens is 491 g/mol. The summed E-state index contributed by atoms with van der Waals surface area (Å²) >= 11 is 0. The van der Waals surface area contributed by atoms with Crippen LogP contribution >= 0.6 is 0 Å². The highest BCUT2D eigenvalue weighted by molar-refractivity contribution is 7.91. The Balaban J connectivity index is 1.69. The Morgan fingerprint density at radius 3 is 2.47 bits per heavy atom. The summed E-state index contributed by atoms with van der Waals surface area (Å²) in [5.74, 6) is 0.533. The number of nitriles is 1. The van der Waals surface area contributed by atoms with E-state index in [1.54, 1.807) is 42.6 Å². The second-order valence-corrected chi connectivity index (χ2v) is 10.2. The molecule has 0 aliphatic heterocycles. The number of hydrogen-bond acceptors (Lipinski definition) is 5. The van der Waals surface area contributed by atoms with E-state index in [1.165, 1.54) is 22.6 Å². The van der Waals surface area contributed by atoms with Crippen LogP contribution in [0.4, 0.5) is 13.2 Å². The van der Waals surface area contributed by atoms with Gasteiger partial charge in [-0.05, 0) is 55.3 Å². The average molecular weight is 514 g/mol. The standard InChI is InChI=1S/C26H22F3N3O3S/c1-2-23-24(32-14-7-12-22(25(32)31-23)26(27,28)29)18-8-5-9-19(16-18)35-20-10-6-11-21(17-20)36(33,34)15-4-3-13-30/h5-12,14,16-17H,2-4,15H2,1H3. The largest absolute Gasteiger partial charge is 0.457 e. The third-order valence-electron chi connectivity index (χ3n) is 5.57. The van der Waals surface area contributed by atoms with Gasteiger partial charge in [0.2, 0.25) is 0 Å². The van der Waals surface area contributed by atoms with Crippen molar-refractivity contribution in [3.8, 4) is 28.8 Å². The first-order valence-corrected chi connectivity index (χ1v) is 12.8. The van der Waals surface area contributed by atoms with E-state index in [1.807, 2.05) is 13.0 Å². The summed E-state index contributed by atoms with van der Waals surface area (Å²) in [5.41, 5.74) is 0.660. The van der Waals surface area contributed by atoms with Gasteiger partial charge in [-0.15, -0.1) is 0 Å². The predicted molar refractivity (Wildman–Crippen MR) is 128 cm³/mol. The first-order valence-electron chi connectivity index (χ1n) is 11.2. The minimum absolute atomic E-state index is 0.0869. The summed E-state index contributed by atoms with van der Waals surface area (Å²) in [5, 5.41) is 8.65. The molecule has 4 rings (SSSR count). The van der Waals surface area contributed by atoms with Gasteiger partial charge in [-0.2, -0.15) is 18.4 Å². The number of pyridine rings is 1. The Morgan fingerprint density at radius 2 is 1.78 bits per heavy atom. The molecule has 0 unspecified atom stereocenters. The number of halogens is 3. The van der Waals surface area contributed by atoms with Crippen LogP contribution in [0.25, 0.3) is 16.9 Å². The number of nitrogens with zero attached hydrogens (tertiary/aromatic N) is 3. The number of unbranched alkanes of at least 4 members (excludes halogenated alkanes) is 1. The Kier molecular flexibility index (Phi) is 7.04. The van der Waals surface area contributed by atoms with Crippen molar-refractivity contribution in [1.82, 2.24) is 9.38 Å². The molecule has 0 saturated heterocycles. The summed E-state index contributed by atoms with van der Waals surface area (Å²) in [6.45, 7) is 1.82. The molecule has 10 heteroatoms. The molecule has 0 spiro atoms. The minimum atomic E-state index is -4.54. The highest BCUT2D eigenvalue weighted by atomic mass is 32.2. The fourth-order valence-corrected chi connectivity index (χ4v) is 5.26. The van der Waals surface area contributed by atoms with Gasteiger partial charge in [-0.3, -0.25) is 4.40 Å². The minimum Gasteiger partial charge on any atom is -0.457 e. The lowest BCUT2D eigenvalue weighted by atomic mass is 10.1. The number of ether oxygens (including phenoxy) is 1. The summed E-state index contributed by atoms with van der Waals surface area (Å²) in [7, 11) is -3.58. The molecule has 4 aromatic rings. The molecule has 0 bridgehead atoms. The van der Waals surface area contributed by atoms with Crippen molar-refractivity contribution in [3.63, 3.8) is 0 Å². The van der Waals surface area contributed by atoms with E-state index in [0.29, 0.717) is 34.9 Å². The monoisotopic (exact) mass is 513 g/mol. The van der Waals surface area contributed by atoms with Crippen molar-refractivity contribution < 1.29 is 26.3 Å². The normalized spacial score (nSPS) is 12.0. The van der Waals surface area contributed by atoms with Gasteiger partial charge in [-0.25, -0.2) is 13.4 Å². The summed E-state index contributed by atoms with van der Waals surface area (Å²) in [4.78, 5) is 4.36. The molecule has 0 radical (unpaired) electrons. The maximum Gasteiger partial charge on any atom is 0.419 e. The zero-order valence-corrected chi connectivity index (χ0v) is 20.1. The molecule has 2 aromatic heterocycles. The van der Waals surface area contributed by atoms with E-state index in [9.17, 15) is 21.6 Å². The second-order valence-electron chi connectivity index (χ2n) is 8.06. The molecule has 2 heterocycles. The number of fused-ring (bicyclic) bond motifs is 1. The highest BCUT2D eigenvalue weighted by Gasteiger charge is 2.34. The predicted octanol–water partition coefficient (Wildman–Crippen LogP) is 6.45. The van der Waals surface area contributed by atoms with Crippen LogP contribution in [0.3, 0.4) is 0 Å². The fraction of sp³-hybridized carbons (Fsp3) is 0.231. The number of rotatable bonds is 8. The third-order valence-corrected chi connectivity index (χ3v) is 7.37. The Bertz CT molecular complexity index is 1550. The lowest BCUT2D eigenvalue weighted by molar-refractivity contribution is -0.136. The van der Waals surface area contributed by atoms with E-state index >= 15 is 0 Å². The van der Waals surface area contributed by atoms with Crippen molar-refractivity contribution in [2.24, 2.45) is 0 Å². The van der Waals surface area contributed by atoms with Crippen molar-refractivity contribution in [3.05, 3.63) is 78.1 Å².